The van der Waals surface area contributed by atoms with Crippen LogP contribution in [0.15, 0.2) is 61.7 Å². The van der Waals surface area contributed by atoms with Crippen molar-refractivity contribution in [3.05, 3.63) is 72.8 Å². The molecule has 20 heavy (non-hydrogen) atoms. The van der Waals surface area contributed by atoms with Gasteiger partial charge in [0.2, 0.25) is 0 Å². The molecule has 0 aliphatic carbocycles. The smallest absolute Gasteiger partial charge is 0.00756 e. The van der Waals surface area contributed by atoms with Crippen molar-refractivity contribution in [2.75, 3.05) is 0 Å². The average Bonchev–Trinajstić information content (AvgIpc) is 2.43. The molecular formula is C20H18. The molecule has 0 amide bonds. The van der Waals surface area contributed by atoms with E-state index in [1.54, 1.807) is 0 Å². The zero-order chi connectivity index (χ0) is 14.3. The van der Waals surface area contributed by atoms with E-state index in [0.717, 1.165) is 11.1 Å². The lowest BCUT2D eigenvalue weighted by Gasteiger charge is -2.16. The van der Waals surface area contributed by atoms with Crippen molar-refractivity contribution in [2.24, 2.45) is 0 Å². The van der Waals surface area contributed by atoms with Gasteiger partial charge in [0.25, 0.3) is 0 Å². The Morgan fingerprint density at radius 2 is 0.850 bits per heavy atom. The van der Waals surface area contributed by atoms with E-state index in [9.17, 15) is 0 Å². The molecule has 0 spiro atoms. The highest BCUT2D eigenvalue weighted by molar-refractivity contribution is 6.15. The Hall–Kier alpha value is -2.34. The molecular weight excluding hydrogens is 240 g/mol. The Bertz CT molecular complexity index is 721. The molecule has 0 aromatic heterocycles. The first-order chi connectivity index (χ1) is 9.61. The van der Waals surface area contributed by atoms with Crippen LogP contribution in [0.25, 0.3) is 32.7 Å². The summed E-state index contributed by atoms with van der Waals surface area (Å²) in [7, 11) is 0. The normalized spacial score (nSPS) is 10.9. The number of hydrogen-bond acceptors (Lipinski definition) is 0. The summed E-state index contributed by atoms with van der Waals surface area (Å²) in [5, 5.41) is 5.04. The molecule has 0 heterocycles. The van der Waals surface area contributed by atoms with Gasteiger partial charge in [-0.05, 0) is 57.7 Å². The van der Waals surface area contributed by atoms with Crippen molar-refractivity contribution in [1.29, 1.82) is 0 Å². The Kier molecular flexibility index (Phi) is 2.94. The molecule has 0 heteroatoms. The molecule has 0 fully saturated rings. The summed E-state index contributed by atoms with van der Waals surface area (Å²) in [5.74, 6) is 0. The monoisotopic (exact) mass is 258 g/mol. The summed E-state index contributed by atoms with van der Waals surface area (Å²) in [6.45, 7) is 12.5. The molecule has 0 atom stereocenters. The van der Waals surface area contributed by atoms with Crippen LogP contribution in [-0.2, 0) is 0 Å². The minimum Gasteiger partial charge on any atom is -0.0955 e. The number of rotatable bonds is 2. The maximum absolute atomic E-state index is 4.18. The van der Waals surface area contributed by atoms with Crippen molar-refractivity contribution in [3.63, 3.8) is 0 Å². The van der Waals surface area contributed by atoms with Gasteiger partial charge in [0.1, 0.15) is 0 Å². The lowest BCUT2D eigenvalue weighted by atomic mass is 9.87. The van der Waals surface area contributed by atoms with Crippen molar-refractivity contribution in [3.8, 4) is 0 Å². The Labute approximate surface area is 120 Å². The Morgan fingerprint density at radius 3 is 1.05 bits per heavy atom. The highest BCUT2D eigenvalue weighted by atomic mass is 14.2. The third-order valence-electron chi connectivity index (χ3n) is 3.79. The molecule has 0 radical (unpaired) electrons. The first-order valence-electron chi connectivity index (χ1n) is 6.86. The molecule has 0 N–H and O–H groups in total. The number of fused-ring (bicyclic) bond motifs is 2. The summed E-state index contributed by atoms with van der Waals surface area (Å²) >= 11 is 0. The van der Waals surface area contributed by atoms with Crippen LogP contribution in [0.2, 0.25) is 0 Å². The number of hydrogen-bond donors (Lipinski definition) is 0. The second-order valence-corrected chi connectivity index (χ2v) is 5.40. The summed E-state index contributed by atoms with van der Waals surface area (Å²) in [5.41, 5.74) is 4.71. The summed E-state index contributed by atoms with van der Waals surface area (Å²) in [4.78, 5) is 0. The Balaban J connectivity index is 2.69. The van der Waals surface area contributed by atoms with Gasteiger partial charge in [-0.3, -0.25) is 0 Å². The first-order valence-corrected chi connectivity index (χ1v) is 6.86. The van der Waals surface area contributed by atoms with Gasteiger partial charge in [0.15, 0.2) is 0 Å². The standard InChI is InChI=1S/C20H18/c1-13(2)19-15-9-5-7-11-17(15)20(14(3)4)18-12-8-6-10-16(18)19/h5-12H,1,3H2,2,4H3. The second kappa shape index (κ2) is 4.64. The summed E-state index contributed by atoms with van der Waals surface area (Å²) in [6, 6.07) is 17.1. The fraction of sp³-hybridized carbons (Fsp3) is 0.100. The minimum atomic E-state index is 1.10. The van der Waals surface area contributed by atoms with E-state index in [4.69, 9.17) is 0 Å². The van der Waals surface area contributed by atoms with E-state index in [0.29, 0.717) is 0 Å². The molecule has 0 aliphatic heterocycles. The molecule has 3 rings (SSSR count). The largest absolute Gasteiger partial charge is 0.0955 e. The average molecular weight is 258 g/mol. The van der Waals surface area contributed by atoms with Gasteiger partial charge in [-0.25, -0.2) is 0 Å². The van der Waals surface area contributed by atoms with Crippen molar-refractivity contribution in [2.45, 2.75) is 13.8 Å². The first kappa shape index (κ1) is 12.7. The SMILES string of the molecule is C=C(C)c1c2ccccc2c(C(=C)C)c2ccccc12. The Morgan fingerprint density at radius 1 is 0.600 bits per heavy atom. The van der Waals surface area contributed by atoms with Gasteiger partial charge in [-0.2, -0.15) is 0 Å². The molecule has 0 unspecified atom stereocenters. The van der Waals surface area contributed by atoms with E-state index in [2.05, 4.69) is 75.5 Å². The van der Waals surface area contributed by atoms with Crippen molar-refractivity contribution in [1.82, 2.24) is 0 Å². The van der Waals surface area contributed by atoms with E-state index < -0.39 is 0 Å². The topological polar surface area (TPSA) is 0 Å². The number of benzene rings is 3. The van der Waals surface area contributed by atoms with Gasteiger partial charge >= 0.3 is 0 Å². The van der Waals surface area contributed by atoms with Gasteiger partial charge < -0.3 is 0 Å². The lowest BCUT2D eigenvalue weighted by Crippen LogP contribution is -1.92. The van der Waals surface area contributed by atoms with E-state index in [-0.39, 0.29) is 0 Å². The fourth-order valence-electron chi connectivity index (χ4n) is 3.05. The minimum absolute atomic E-state index is 1.10. The van der Waals surface area contributed by atoms with Crippen LogP contribution in [0.3, 0.4) is 0 Å². The second-order valence-electron chi connectivity index (χ2n) is 5.40. The molecule has 0 saturated heterocycles. The number of allylic oxidation sites excluding steroid dienone is 2. The third-order valence-corrected chi connectivity index (χ3v) is 3.79. The van der Waals surface area contributed by atoms with Crippen LogP contribution in [-0.4, -0.2) is 0 Å². The highest BCUT2D eigenvalue weighted by Gasteiger charge is 2.13. The van der Waals surface area contributed by atoms with E-state index in [1.165, 1.54) is 32.7 Å². The predicted octanol–water partition coefficient (Wildman–Crippen LogP) is 6.06. The molecule has 0 aliphatic rings. The van der Waals surface area contributed by atoms with Gasteiger partial charge in [-0.1, -0.05) is 61.7 Å². The van der Waals surface area contributed by atoms with Crippen LogP contribution in [0, 0.1) is 0 Å². The quantitative estimate of drug-likeness (QED) is 0.490. The van der Waals surface area contributed by atoms with Gasteiger partial charge in [0.05, 0.1) is 0 Å². The third kappa shape index (κ3) is 1.77. The van der Waals surface area contributed by atoms with Crippen LogP contribution in [0.1, 0.15) is 25.0 Å². The fourth-order valence-corrected chi connectivity index (χ4v) is 3.05. The maximum Gasteiger partial charge on any atom is -0.00756 e. The molecule has 0 bridgehead atoms. The molecule has 0 saturated carbocycles. The van der Waals surface area contributed by atoms with Crippen LogP contribution < -0.4 is 0 Å². The maximum atomic E-state index is 4.18. The highest BCUT2D eigenvalue weighted by Crippen LogP contribution is 2.38. The molecule has 0 nitrogen and oxygen atoms in total. The molecule has 3 aromatic carbocycles. The zero-order valence-electron chi connectivity index (χ0n) is 12.0. The molecule has 3 aromatic rings. The summed E-state index contributed by atoms with van der Waals surface area (Å²) in [6.07, 6.45) is 0. The van der Waals surface area contributed by atoms with E-state index in [1.807, 2.05) is 0 Å². The zero-order valence-corrected chi connectivity index (χ0v) is 12.0. The molecule has 98 valence electrons. The van der Waals surface area contributed by atoms with E-state index >= 15 is 0 Å². The predicted molar refractivity (Wildman–Crippen MR) is 90.9 cm³/mol. The van der Waals surface area contributed by atoms with Gasteiger partial charge in [-0.15, -0.1) is 0 Å². The van der Waals surface area contributed by atoms with Gasteiger partial charge in [0, 0.05) is 0 Å². The van der Waals surface area contributed by atoms with Crippen LogP contribution in [0.5, 0.6) is 0 Å². The lowest BCUT2D eigenvalue weighted by molar-refractivity contribution is 1.63. The van der Waals surface area contributed by atoms with Crippen molar-refractivity contribution < 1.29 is 0 Å². The van der Waals surface area contributed by atoms with Crippen molar-refractivity contribution >= 4 is 32.7 Å². The van der Waals surface area contributed by atoms with Crippen LogP contribution in [0.4, 0.5) is 0 Å². The van der Waals surface area contributed by atoms with Crippen LogP contribution >= 0.6 is 0 Å². The summed E-state index contributed by atoms with van der Waals surface area (Å²) < 4.78 is 0.